The zero-order valence-corrected chi connectivity index (χ0v) is 12.2. The number of carbonyl (C=O) groups excluding carboxylic acids is 1. The van der Waals surface area contributed by atoms with Gasteiger partial charge in [0.05, 0.1) is 11.5 Å². The van der Waals surface area contributed by atoms with E-state index in [0.29, 0.717) is 32.2 Å². The van der Waals surface area contributed by atoms with Crippen molar-refractivity contribution in [1.29, 1.82) is 0 Å². The molecule has 1 aliphatic heterocycles. The van der Waals surface area contributed by atoms with E-state index in [-0.39, 0.29) is 30.3 Å². The van der Waals surface area contributed by atoms with Gasteiger partial charge in [-0.1, -0.05) is 6.42 Å². The fourth-order valence-electron chi connectivity index (χ4n) is 2.93. The summed E-state index contributed by atoms with van der Waals surface area (Å²) in [5, 5.41) is 2.59. The van der Waals surface area contributed by atoms with Gasteiger partial charge >= 0.3 is 0 Å². The smallest absolute Gasteiger partial charge is 0.259 e. The van der Waals surface area contributed by atoms with Crippen LogP contribution in [-0.4, -0.2) is 38.3 Å². The maximum Gasteiger partial charge on any atom is 0.259 e. The van der Waals surface area contributed by atoms with E-state index in [0.717, 1.165) is 0 Å². The zero-order valence-electron chi connectivity index (χ0n) is 11.4. The molecule has 1 unspecified atom stereocenters. The molecule has 1 saturated carbocycles. The Kier molecular flexibility index (Phi) is 4.66. The van der Waals surface area contributed by atoms with Crippen LogP contribution in [0.4, 0.5) is 8.78 Å². The lowest BCUT2D eigenvalue weighted by Gasteiger charge is -2.31. The van der Waals surface area contributed by atoms with E-state index < -0.39 is 27.6 Å². The molecule has 2 aliphatic rings. The predicted molar refractivity (Wildman–Crippen MR) is 71.3 cm³/mol. The highest BCUT2D eigenvalue weighted by molar-refractivity contribution is 7.91. The molecule has 1 N–H and O–H groups in total. The zero-order chi connectivity index (χ0) is 14.8. The molecule has 2 fully saturated rings. The highest BCUT2D eigenvalue weighted by atomic mass is 32.2. The van der Waals surface area contributed by atoms with Gasteiger partial charge in [0.1, 0.15) is 15.8 Å². The minimum absolute atomic E-state index is 0.0830. The number of nitrogens with one attached hydrogen (secondary N) is 1. The van der Waals surface area contributed by atoms with Gasteiger partial charge in [0.15, 0.2) is 0 Å². The number of halogens is 2. The van der Waals surface area contributed by atoms with Crippen LogP contribution >= 0.6 is 0 Å². The molecule has 20 heavy (non-hydrogen) atoms. The summed E-state index contributed by atoms with van der Waals surface area (Å²) in [6.07, 6.45) is 2.16. The quantitative estimate of drug-likeness (QED) is 0.864. The normalized spacial score (nSPS) is 29.8. The van der Waals surface area contributed by atoms with E-state index in [1.165, 1.54) is 0 Å². The average Bonchev–Trinajstić information content (AvgIpc) is 2.36. The van der Waals surface area contributed by atoms with Crippen molar-refractivity contribution in [3.05, 3.63) is 0 Å². The summed E-state index contributed by atoms with van der Waals surface area (Å²) in [7, 11) is -2.93. The molecular weight excluding hydrogens is 288 g/mol. The summed E-state index contributed by atoms with van der Waals surface area (Å²) < 4.78 is 49.9. The van der Waals surface area contributed by atoms with Crippen molar-refractivity contribution in [2.45, 2.75) is 44.4 Å². The second kappa shape index (κ2) is 5.95. The van der Waals surface area contributed by atoms with Crippen LogP contribution in [0.3, 0.4) is 0 Å². The van der Waals surface area contributed by atoms with Gasteiger partial charge in [-0.25, -0.2) is 17.2 Å². The predicted octanol–water partition coefficient (Wildman–Crippen LogP) is 1.75. The minimum Gasteiger partial charge on any atom is -0.355 e. The molecule has 1 amide bonds. The number of alkyl halides is 2. The first-order valence-corrected chi connectivity index (χ1v) is 8.98. The van der Waals surface area contributed by atoms with Crippen LogP contribution in [-0.2, 0) is 14.6 Å². The van der Waals surface area contributed by atoms with Crippen LogP contribution in [0.15, 0.2) is 0 Å². The minimum atomic E-state index is -2.93. The van der Waals surface area contributed by atoms with Crippen LogP contribution in [0.1, 0.15) is 38.5 Å². The average molecular weight is 309 g/mol. The summed E-state index contributed by atoms with van der Waals surface area (Å²) in [4.78, 5) is 11.9. The van der Waals surface area contributed by atoms with Gasteiger partial charge in [0, 0.05) is 13.0 Å². The summed E-state index contributed by atoms with van der Waals surface area (Å²) >= 11 is 0. The molecule has 0 bridgehead atoms. The second-order valence-electron chi connectivity index (χ2n) is 5.90. The van der Waals surface area contributed by atoms with E-state index >= 15 is 0 Å². The van der Waals surface area contributed by atoms with E-state index in [4.69, 9.17) is 0 Å². The number of hydrogen-bond acceptors (Lipinski definition) is 3. The van der Waals surface area contributed by atoms with Crippen LogP contribution < -0.4 is 5.32 Å². The van der Waals surface area contributed by atoms with E-state index in [1.54, 1.807) is 0 Å². The molecule has 0 aromatic rings. The summed E-state index contributed by atoms with van der Waals surface area (Å²) in [6, 6.07) is 0. The van der Waals surface area contributed by atoms with Crippen molar-refractivity contribution in [1.82, 2.24) is 5.32 Å². The van der Waals surface area contributed by atoms with Crippen LogP contribution in [0.2, 0.25) is 0 Å². The highest BCUT2D eigenvalue weighted by Gasteiger charge is 2.45. The third-order valence-corrected chi connectivity index (χ3v) is 6.03. The largest absolute Gasteiger partial charge is 0.355 e. The fraction of sp³-hybridized carbons (Fsp3) is 0.923. The van der Waals surface area contributed by atoms with Crippen molar-refractivity contribution < 1.29 is 22.0 Å². The summed E-state index contributed by atoms with van der Waals surface area (Å²) in [5.41, 5.74) is 0. The van der Waals surface area contributed by atoms with Gasteiger partial charge in [-0.2, -0.15) is 0 Å². The molecular formula is C13H21F2NO3S. The van der Waals surface area contributed by atoms with Crippen LogP contribution in [0.5, 0.6) is 0 Å². The Bertz CT molecular complexity index is 450. The van der Waals surface area contributed by atoms with Gasteiger partial charge in [-0.05, 0) is 31.6 Å². The third kappa shape index (κ3) is 3.90. The number of amides is 1. The highest BCUT2D eigenvalue weighted by Crippen LogP contribution is 2.38. The molecule has 4 nitrogen and oxygen atoms in total. The summed E-state index contributed by atoms with van der Waals surface area (Å²) in [5.74, 6) is -4.36. The second-order valence-corrected chi connectivity index (χ2v) is 8.20. The van der Waals surface area contributed by atoms with Gasteiger partial charge in [0.25, 0.3) is 5.92 Å². The Hall–Kier alpha value is -0.720. The Balaban J connectivity index is 1.80. The Morgan fingerprint density at radius 1 is 1.15 bits per heavy atom. The molecule has 0 aromatic carbocycles. The van der Waals surface area contributed by atoms with E-state index in [1.807, 2.05) is 0 Å². The fourth-order valence-corrected chi connectivity index (χ4v) is 4.52. The number of carbonyl (C=O) groups is 1. The molecule has 0 radical (unpaired) electrons. The summed E-state index contributed by atoms with van der Waals surface area (Å²) in [6.45, 7) is 0.306. The lowest BCUT2D eigenvalue weighted by atomic mass is 9.85. The van der Waals surface area contributed by atoms with Crippen molar-refractivity contribution in [3.63, 3.8) is 0 Å². The Morgan fingerprint density at radius 3 is 2.40 bits per heavy atom. The van der Waals surface area contributed by atoms with Gasteiger partial charge in [-0.15, -0.1) is 0 Å². The topological polar surface area (TPSA) is 63.2 Å². The molecule has 0 aromatic heterocycles. The lowest BCUT2D eigenvalue weighted by Crippen LogP contribution is -2.45. The SMILES string of the molecule is O=C(NCC1CCS(=O)(=O)CC1)C1CCCCC1(F)F. The van der Waals surface area contributed by atoms with Crippen LogP contribution in [0.25, 0.3) is 0 Å². The first-order chi connectivity index (χ1) is 9.30. The molecule has 1 aliphatic carbocycles. The van der Waals surface area contributed by atoms with Crippen molar-refractivity contribution in [2.75, 3.05) is 18.1 Å². The molecule has 0 spiro atoms. The Morgan fingerprint density at radius 2 is 1.80 bits per heavy atom. The number of sulfone groups is 1. The van der Waals surface area contributed by atoms with Gasteiger partial charge in [0.2, 0.25) is 5.91 Å². The maximum atomic E-state index is 13.6. The van der Waals surface area contributed by atoms with Crippen molar-refractivity contribution >= 4 is 15.7 Å². The standard InChI is InChI=1S/C13H21F2NO3S/c14-13(15)6-2-1-3-11(13)12(17)16-9-10-4-7-20(18,19)8-5-10/h10-11H,1-9H2,(H,16,17). The molecule has 2 rings (SSSR count). The number of rotatable bonds is 3. The molecule has 116 valence electrons. The molecule has 1 saturated heterocycles. The van der Waals surface area contributed by atoms with Gasteiger partial charge < -0.3 is 5.32 Å². The van der Waals surface area contributed by atoms with Gasteiger partial charge in [-0.3, -0.25) is 4.79 Å². The van der Waals surface area contributed by atoms with Crippen molar-refractivity contribution in [2.24, 2.45) is 11.8 Å². The molecule has 1 heterocycles. The number of hydrogen-bond donors (Lipinski definition) is 1. The molecule has 1 atom stereocenters. The maximum absolute atomic E-state index is 13.6. The molecule has 7 heteroatoms. The van der Waals surface area contributed by atoms with Crippen molar-refractivity contribution in [3.8, 4) is 0 Å². The van der Waals surface area contributed by atoms with E-state index in [2.05, 4.69) is 5.32 Å². The monoisotopic (exact) mass is 309 g/mol. The Labute approximate surface area is 118 Å². The van der Waals surface area contributed by atoms with Crippen LogP contribution in [0, 0.1) is 11.8 Å². The first-order valence-electron chi connectivity index (χ1n) is 7.16. The first kappa shape index (κ1) is 15.7. The van der Waals surface area contributed by atoms with E-state index in [9.17, 15) is 22.0 Å². The third-order valence-electron chi connectivity index (χ3n) is 4.32. The lowest BCUT2D eigenvalue weighted by molar-refractivity contribution is -0.145.